The summed E-state index contributed by atoms with van der Waals surface area (Å²) in [7, 11) is 4.79. The van der Waals surface area contributed by atoms with Crippen LogP contribution in [0.25, 0.3) is 4.96 Å². The number of ether oxygens (including phenoxy) is 3. The maximum absolute atomic E-state index is 11.6. The van der Waals surface area contributed by atoms with Crippen molar-refractivity contribution in [2.45, 2.75) is 6.54 Å². The summed E-state index contributed by atoms with van der Waals surface area (Å²) in [5.74, 6) is 2.32. The third kappa shape index (κ3) is 3.50. The van der Waals surface area contributed by atoms with E-state index in [0.717, 1.165) is 18.7 Å². The van der Waals surface area contributed by atoms with Gasteiger partial charge >= 0.3 is 5.82 Å². The second-order valence-electron chi connectivity index (χ2n) is 6.83. The van der Waals surface area contributed by atoms with E-state index in [2.05, 4.69) is 9.88 Å². The van der Waals surface area contributed by atoms with Gasteiger partial charge in [-0.3, -0.25) is 4.90 Å². The minimum atomic E-state index is -0.358. The number of nitrogens with zero attached hydrogens (tertiary/aromatic N) is 5. The lowest BCUT2D eigenvalue weighted by Crippen LogP contribution is -2.46. The van der Waals surface area contributed by atoms with Gasteiger partial charge in [0.25, 0.3) is 4.96 Å². The molecule has 0 atom stereocenters. The summed E-state index contributed by atoms with van der Waals surface area (Å²) in [6.07, 6.45) is 1.69. The van der Waals surface area contributed by atoms with E-state index in [1.807, 2.05) is 17.0 Å². The Bertz CT molecular complexity index is 1060. The molecule has 0 unspecified atom stereocenters. The second kappa shape index (κ2) is 8.36. The number of anilines is 1. The van der Waals surface area contributed by atoms with E-state index in [0.29, 0.717) is 47.7 Å². The molecule has 1 saturated heterocycles. The highest BCUT2D eigenvalue weighted by molar-refractivity contribution is 7.15. The number of methoxy groups -OCH3 is 3. The van der Waals surface area contributed by atoms with Crippen LogP contribution in [0.15, 0.2) is 23.7 Å². The van der Waals surface area contributed by atoms with Gasteiger partial charge in [-0.15, -0.1) is 0 Å². The van der Waals surface area contributed by atoms with Gasteiger partial charge < -0.3 is 29.2 Å². The van der Waals surface area contributed by atoms with Crippen LogP contribution in [0, 0.1) is 10.1 Å². The van der Waals surface area contributed by atoms with Crippen molar-refractivity contribution in [3.05, 3.63) is 39.4 Å². The average molecular weight is 433 g/mol. The topological polar surface area (TPSA) is 94.6 Å². The van der Waals surface area contributed by atoms with Crippen molar-refractivity contribution in [2.24, 2.45) is 0 Å². The van der Waals surface area contributed by atoms with Crippen molar-refractivity contribution < 1.29 is 19.1 Å². The number of aromatic nitrogens is 2. The Labute approximate surface area is 177 Å². The van der Waals surface area contributed by atoms with E-state index in [9.17, 15) is 10.1 Å². The van der Waals surface area contributed by atoms with Crippen LogP contribution in [-0.2, 0) is 6.54 Å². The van der Waals surface area contributed by atoms with E-state index >= 15 is 0 Å². The summed E-state index contributed by atoms with van der Waals surface area (Å²) in [4.78, 5) is 20.6. The maximum atomic E-state index is 11.6. The Kier molecular flexibility index (Phi) is 5.64. The van der Waals surface area contributed by atoms with Crippen LogP contribution in [0.3, 0.4) is 0 Å². The standard InChI is InChI=1S/C19H23N5O5S/c1-27-14-5-4-13(15(28-2)16(14)29-3)12-21-6-8-22(9-7-21)17-18(24(25)26)23-10-11-30-19(23)20-17/h4-5,10-11H,6-9,12H2,1-3H3. The number of fused-ring (bicyclic) bond motifs is 1. The first-order valence-electron chi connectivity index (χ1n) is 9.42. The van der Waals surface area contributed by atoms with Gasteiger partial charge in [0, 0.05) is 43.7 Å². The molecule has 0 amide bonds. The highest BCUT2D eigenvalue weighted by Crippen LogP contribution is 2.40. The number of imidazole rings is 1. The highest BCUT2D eigenvalue weighted by atomic mass is 32.1. The molecule has 2 aromatic heterocycles. The van der Waals surface area contributed by atoms with Crippen LogP contribution in [0.4, 0.5) is 11.6 Å². The van der Waals surface area contributed by atoms with Gasteiger partial charge in [-0.1, -0.05) is 17.4 Å². The van der Waals surface area contributed by atoms with Gasteiger partial charge in [-0.25, -0.2) is 0 Å². The number of piperazine rings is 1. The molecule has 1 aliphatic heterocycles. The van der Waals surface area contributed by atoms with Crippen LogP contribution in [0.2, 0.25) is 0 Å². The molecule has 1 aromatic carbocycles. The fourth-order valence-corrected chi connectivity index (χ4v) is 4.49. The van der Waals surface area contributed by atoms with Crippen LogP contribution in [-0.4, -0.2) is 66.7 Å². The Morgan fingerprint density at radius 2 is 1.83 bits per heavy atom. The summed E-state index contributed by atoms with van der Waals surface area (Å²) < 4.78 is 17.9. The van der Waals surface area contributed by atoms with Crippen LogP contribution in [0.1, 0.15) is 5.56 Å². The minimum Gasteiger partial charge on any atom is -0.493 e. The molecule has 0 N–H and O–H groups in total. The number of hydrogen-bond donors (Lipinski definition) is 0. The zero-order valence-corrected chi connectivity index (χ0v) is 17.8. The molecule has 0 spiro atoms. The summed E-state index contributed by atoms with van der Waals surface area (Å²) in [5.41, 5.74) is 0.997. The van der Waals surface area contributed by atoms with Crippen LogP contribution < -0.4 is 19.1 Å². The fraction of sp³-hybridized carbons (Fsp3) is 0.421. The molecule has 11 heteroatoms. The predicted molar refractivity (Wildman–Crippen MR) is 113 cm³/mol. The van der Waals surface area contributed by atoms with Crippen molar-refractivity contribution in [3.8, 4) is 17.2 Å². The van der Waals surface area contributed by atoms with E-state index in [-0.39, 0.29) is 10.7 Å². The Hall–Kier alpha value is -3.05. The third-order valence-corrected chi connectivity index (χ3v) is 6.00. The molecule has 4 rings (SSSR count). The smallest absolute Gasteiger partial charge is 0.373 e. The summed E-state index contributed by atoms with van der Waals surface area (Å²) in [6.45, 7) is 3.49. The Balaban J connectivity index is 1.49. The van der Waals surface area contributed by atoms with Crippen LogP contribution in [0.5, 0.6) is 17.2 Å². The molecule has 160 valence electrons. The molecule has 30 heavy (non-hydrogen) atoms. The van der Waals surface area contributed by atoms with E-state index in [1.54, 1.807) is 37.3 Å². The van der Waals surface area contributed by atoms with Crippen molar-refractivity contribution in [1.29, 1.82) is 0 Å². The quantitative estimate of drug-likeness (QED) is 0.415. The minimum absolute atomic E-state index is 0.0289. The number of thiazole rings is 1. The molecule has 1 fully saturated rings. The van der Waals surface area contributed by atoms with Crippen molar-refractivity contribution in [2.75, 3.05) is 52.4 Å². The van der Waals surface area contributed by atoms with Gasteiger partial charge in [-0.05, 0) is 11.0 Å². The monoisotopic (exact) mass is 433 g/mol. The van der Waals surface area contributed by atoms with Crippen molar-refractivity contribution >= 4 is 27.9 Å². The van der Waals surface area contributed by atoms with Crippen LogP contribution >= 0.6 is 11.3 Å². The van der Waals surface area contributed by atoms with Gasteiger partial charge in [0.1, 0.15) is 6.20 Å². The first-order chi connectivity index (χ1) is 14.6. The fourth-order valence-electron chi connectivity index (χ4n) is 3.79. The lowest BCUT2D eigenvalue weighted by atomic mass is 10.1. The molecule has 0 aliphatic carbocycles. The van der Waals surface area contributed by atoms with Crippen molar-refractivity contribution in [3.63, 3.8) is 0 Å². The van der Waals surface area contributed by atoms with Gasteiger partial charge in [0.05, 0.1) is 21.3 Å². The normalized spacial score (nSPS) is 14.8. The SMILES string of the molecule is COc1ccc(CN2CCN(c3nc4sccn4c3[N+](=O)[O-])CC2)c(OC)c1OC. The second-order valence-corrected chi connectivity index (χ2v) is 7.70. The molecule has 10 nitrogen and oxygen atoms in total. The molecule has 0 saturated carbocycles. The molecular formula is C19H23N5O5S. The molecule has 3 aromatic rings. The third-order valence-electron chi connectivity index (χ3n) is 5.24. The molecule has 1 aliphatic rings. The van der Waals surface area contributed by atoms with E-state index in [4.69, 9.17) is 14.2 Å². The van der Waals surface area contributed by atoms with Gasteiger partial charge in [-0.2, -0.15) is 9.38 Å². The average Bonchev–Trinajstić information content (AvgIpc) is 3.34. The van der Waals surface area contributed by atoms with E-state index < -0.39 is 0 Å². The zero-order valence-electron chi connectivity index (χ0n) is 17.0. The molecular weight excluding hydrogens is 410 g/mol. The molecule has 0 bridgehead atoms. The predicted octanol–water partition coefficient (Wildman–Crippen LogP) is 2.65. The first kappa shape index (κ1) is 20.2. The number of benzene rings is 1. The highest BCUT2D eigenvalue weighted by Gasteiger charge is 2.30. The Morgan fingerprint density at radius 3 is 2.47 bits per heavy atom. The maximum Gasteiger partial charge on any atom is 0.373 e. The van der Waals surface area contributed by atoms with Crippen molar-refractivity contribution in [1.82, 2.24) is 14.3 Å². The summed E-state index contributed by atoms with van der Waals surface area (Å²) in [5, 5.41) is 13.4. The lowest BCUT2D eigenvalue weighted by molar-refractivity contribution is -0.389. The summed E-state index contributed by atoms with van der Waals surface area (Å²) >= 11 is 1.39. The molecule has 0 radical (unpaired) electrons. The number of rotatable bonds is 7. The first-order valence-corrected chi connectivity index (χ1v) is 10.3. The van der Waals surface area contributed by atoms with Gasteiger partial charge in [0.2, 0.25) is 11.6 Å². The molecule has 3 heterocycles. The largest absolute Gasteiger partial charge is 0.493 e. The van der Waals surface area contributed by atoms with E-state index in [1.165, 1.54) is 11.3 Å². The Morgan fingerprint density at radius 1 is 1.10 bits per heavy atom. The number of nitro groups is 1. The zero-order chi connectivity index (χ0) is 21.3. The lowest BCUT2D eigenvalue weighted by Gasteiger charge is -2.34. The summed E-state index contributed by atoms with van der Waals surface area (Å²) in [6, 6.07) is 3.84. The van der Waals surface area contributed by atoms with Gasteiger partial charge in [0.15, 0.2) is 11.5 Å². The number of hydrogen-bond acceptors (Lipinski definition) is 9.